The largest absolute Gasteiger partial charge is 0.369 e. The third-order valence-electron chi connectivity index (χ3n) is 4.63. The highest BCUT2D eigenvalue weighted by atomic mass is 127. The van der Waals surface area contributed by atoms with Crippen molar-refractivity contribution in [2.75, 3.05) is 5.73 Å². The van der Waals surface area contributed by atoms with Crippen molar-refractivity contribution in [3.05, 3.63) is 21.5 Å². The van der Waals surface area contributed by atoms with Gasteiger partial charge in [0.15, 0.2) is 0 Å². The molecule has 5 heteroatoms. The highest BCUT2D eigenvalue weighted by Gasteiger charge is 2.19. The summed E-state index contributed by atoms with van der Waals surface area (Å²) >= 11 is 1.99. The number of aromatic nitrogens is 2. The van der Waals surface area contributed by atoms with E-state index < -0.39 is 0 Å². The molecule has 1 fully saturated rings. The van der Waals surface area contributed by atoms with Crippen LogP contribution in [0.15, 0.2) is 12.1 Å². The van der Waals surface area contributed by atoms with Crippen LogP contribution in [-0.2, 0) is 6.54 Å². The van der Waals surface area contributed by atoms with Gasteiger partial charge in [0.05, 0.1) is 14.6 Å². The first-order valence-corrected chi connectivity index (χ1v) is 8.73. The van der Waals surface area contributed by atoms with Crippen molar-refractivity contribution in [2.45, 2.75) is 45.6 Å². The second-order valence-electron chi connectivity index (χ2n) is 6.30. The smallest absolute Gasteiger partial charge is 0.201 e. The van der Waals surface area contributed by atoms with Gasteiger partial charge in [0.2, 0.25) is 5.95 Å². The Morgan fingerprint density at radius 1 is 1.43 bits per heavy atom. The van der Waals surface area contributed by atoms with Gasteiger partial charge in [-0.05, 0) is 53.3 Å². The molecule has 2 unspecified atom stereocenters. The predicted octanol–water partition coefficient (Wildman–Crippen LogP) is 4.58. The lowest BCUT2D eigenvalue weighted by atomic mass is 9.81. The van der Waals surface area contributed by atoms with Gasteiger partial charge in [-0.3, -0.25) is 0 Å². The van der Waals surface area contributed by atoms with Gasteiger partial charge in [-0.15, -0.1) is 0 Å². The lowest BCUT2D eigenvalue weighted by Crippen LogP contribution is -2.16. The SMILES string of the molecule is CC1CCCC(CCn2c(N)nc3cc(I)c(F)cc32)C1. The lowest BCUT2D eigenvalue weighted by molar-refractivity contribution is 0.262. The number of hydrogen-bond donors (Lipinski definition) is 1. The summed E-state index contributed by atoms with van der Waals surface area (Å²) in [6.07, 6.45) is 6.41. The van der Waals surface area contributed by atoms with E-state index in [-0.39, 0.29) is 5.82 Å². The minimum absolute atomic E-state index is 0.199. The molecule has 1 heterocycles. The molecule has 0 aliphatic heterocycles. The van der Waals surface area contributed by atoms with Gasteiger partial charge < -0.3 is 10.3 Å². The van der Waals surface area contributed by atoms with Crippen molar-refractivity contribution in [1.29, 1.82) is 0 Å². The van der Waals surface area contributed by atoms with Crippen molar-refractivity contribution in [3.63, 3.8) is 0 Å². The summed E-state index contributed by atoms with van der Waals surface area (Å²) in [4.78, 5) is 4.36. The zero-order valence-electron chi connectivity index (χ0n) is 12.3. The van der Waals surface area contributed by atoms with Crippen molar-refractivity contribution < 1.29 is 4.39 Å². The monoisotopic (exact) mass is 401 g/mol. The molecule has 21 heavy (non-hydrogen) atoms. The third kappa shape index (κ3) is 3.17. The summed E-state index contributed by atoms with van der Waals surface area (Å²) in [5.74, 6) is 1.89. The van der Waals surface area contributed by atoms with Gasteiger partial charge in [0, 0.05) is 12.6 Å². The lowest BCUT2D eigenvalue weighted by Gasteiger charge is -2.26. The van der Waals surface area contributed by atoms with E-state index in [4.69, 9.17) is 5.73 Å². The van der Waals surface area contributed by atoms with Crippen LogP contribution in [0.25, 0.3) is 11.0 Å². The molecule has 114 valence electrons. The molecular weight excluding hydrogens is 380 g/mol. The Morgan fingerprint density at radius 3 is 3.00 bits per heavy atom. The maximum atomic E-state index is 13.8. The molecule has 0 spiro atoms. The Bertz CT molecular complexity index is 652. The normalized spacial score (nSPS) is 22.8. The molecule has 1 aliphatic carbocycles. The predicted molar refractivity (Wildman–Crippen MR) is 92.6 cm³/mol. The number of nitrogens with zero attached hydrogens (tertiary/aromatic N) is 2. The van der Waals surface area contributed by atoms with E-state index in [1.54, 1.807) is 12.1 Å². The van der Waals surface area contributed by atoms with Crippen LogP contribution < -0.4 is 5.73 Å². The molecule has 0 saturated heterocycles. The van der Waals surface area contributed by atoms with Gasteiger partial charge in [-0.2, -0.15) is 0 Å². The van der Waals surface area contributed by atoms with Gasteiger partial charge in [-0.1, -0.05) is 26.2 Å². The van der Waals surface area contributed by atoms with Crippen LogP contribution in [-0.4, -0.2) is 9.55 Å². The van der Waals surface area contributed by atoms with Crippen molar-refractivity contribution >= 4 is 39.6 Å². The molecule has 0 bridgehead atoms. The highest BCUT2D eigenvalue weighted by Crippen LogP contribution is 2.32. The number of nitrogens with two attached hydrogens (primary N) is 1. The molecule has 2 N–H and O–H groups in total. The standard InChI is InChI=1S/C16H21FIN3/c1-10-3-2-4-11(7-10)5-6-21-15-8-12(17)13(18)9-14(15)20-16(21)19/h8-11H,2-7H2,1H3,(H2,19,20). The Hall–Kier alpha value is -0.850. The van der Waals surface area contributed by atoms with E-state index >= 15 is 0 Å². The summed E-state index contributed by atoms with van der Waals surface area (Å²) in [5, 5.41) is 0. The van der Waals surface area contributed by atoms with Crippen LogP contribution >= 0.6 is 22.6 Å². The number of halogens is 2. The highest BCUT2D eigenvalue weighted by molar-refractivity contribution is 14.1. The second kappa shape index (κ2) is 6.10. The summed E-state index contributed by atoms with van der Waals surface area (Å²) < 4.78 is 16.3. The van der Waals surface area contributed by atoms with Crippen LogP contribution in [0.3, 0.4) is 0 Å². The fourth-order valence-electron chi connectivity index (χ4n) is 3.51. The quantitative estimate of drug-likeness (QED) is 0.766. The molecule has 1 aromatic heterocycles. The Labute approximate surface area is 138 Å². The molecular formula is C16H21FIN3. The molecule has 1 aliphatic rings. The number of nitrogen functional groups attached to an aromatic ring is 1. The average molecular weight is 401 g/mol. The minimum atomic E-state index is -0.199. The Kier molecular flexibility index (Phi) is 4.38. The molecule has 0 amide bonds. The molecule has 2 aromatic rings. The summed E-state index contributed by atoms with van der Waals surface area (Å²) in [6.45, 7) is 3.17. The van der Waals surface area contributed by atoms with Crippen LogP contribution in [0.5, 0.6) is 0 Å². The molecule has 1 saturated carbocycles. The second-order valence-corrected chi connectivity index (χ2v) is 7.47. The molecule has 3 rings (SSSR count). The number of fused-ring (bicyclic) bond motifs is 1. The van der Waals surface area contributed by atoms with Gasteiger partial charge in [0.1, 0.15) is 5.82 Å². The van der Waals surface area contributed by atoms with Gasteiger partial charge in [-0.25, -0.2) is 9.37 Å². The number of anilines is 1. The van der Waals surface area contributed by atoms with E-state index in [1.807, 2.05) is 27.2 Å². The molecule has 2 atom stereocenters. The number of rotatable bonds is 3. The zero-order valence-corrected chi connectivity index (χ0v) is 14.4. The van der Waals surface area contributed by atoms with Gasteiger partial charge in [0.25, 0.3) is 0 Å². The maximum Gasteiger partial charge on any atom is 0.201 e. The fraction of sp³-hybridized carbons (Fsp3) is 0.562. The first kappa shape index (κ1) is 15.1. The van der Waals surface area contributed by atoms with E-state index in [9.17, 15) is 4.39 Å². The summed E-state index contributed by atoms with van der Waals surface area (Å²) in [6, 6.07) is 3.32. The number of aryl methyl sites for hydroxylation is 1. The Morgan fingerprint density at radius 2 is 2.24 bits per heavy atom. The van der Waals surface area contributed by atoms with E-state index in [0.29, 0.717) is 9.52 Å². The topological polar surface area (TPSA) is 43.8 Å². The average Bonchev–Trinajstić information content (AvgIpc) is 2.72. The van der Waals surface area contributed by atoms with Crippen LogP contribution in [0.2, 0.25) is 0 Å². The first-order valence-electron chi connectivity index (χ1n) is 7.65. The maximum absolute atomic E-state index is 13.8. The van der Waals surface area contributed by atoms with E-state index in [1.165, 1.54) is 25.7 Å². The van der Waals surface area contributed by atoms with Crippen molar-refractivity contribution in [2.24, 2.45) is 11.8 Å². The summed E-state index contributed by atoms with van der Waals surface area (Å²) in [5.41, 5.74) is 7.62. The molecule has 0 radical (unpaired) electrons. The number of hydrogen-bond acceptors (Lipinski definition) is 2. The van der Waals surface area contributed by atoms with Crippen molar-refractivity contribution in [1.82, 2.24) is 9.55 Å². The minimum Gasteiger partial charge on any atom is -0.369 e. The van der Waals surface area contributed by atoms with E-state index in [2.05, 4.69) is 11.9 Å². The first-order chi connectivity index (χ1) is 10.0. The molecule has 1 aromatic carbocycles. The molecule has 3 nitrogen and oxygen atoms in total. The van der Waals surface area contributed by atoms with Crippen LogP contribution in [0, 0.1) is 21.2 Å². The van der Waals surface area contributed by atoms with E-state index in [0.717, 1.165) is 35.8 Å². The van der Waals surface area contributed by atoms with Crippen LogP contribution in [0.4, 0.5) is 10.3 Å². The van der Waals surface area contributed by atoms with Crippen LogP contribution in [0.1, 0.15) is 39.0 Å². The zero-order chi connectivity index (χ0) is 15.0. The number of imidazole rings is 1. The third-order valence-corrected chi connectivity index (χ3v) is 5.45. The fourth-order valence-corrected chi connectivity index (χ4v) is 3.96. The number of benzene rings is 1. The van der Waals surface area contributed by atoms with Gasteiger partial charge >= 0.3 is 0 Å². The summed E-state index contributed by atoms with van der Waals surface area (Å²) in [7, 11) is 0. The van der Waals surface area contributed by atoms with Crippen molar-refractivity contribution in [3.8, 4) is 0 Å². The Balaban J connectivity index is 1.80.